The highest BCUT2D eigenvalue weighted by molar-refractivity contribution is 9.10. The van der Waals surface area contributed by atoms with Crippen LogP contribution in [-0.4, -0.2) is 0 Å². The fraction of sp³-hybridized carbons (Fsp3) is 0.0769. The lowest BCUT2D eigenvalue weighted by molar-refractivity contribution is 0.432. The molecular weight excluding hydrogens is 359 g/mol. The minimum Gasteiger partial charge on any atom is -0.271 e. The highest BCUT2D eigenvalue weighted by atomic mass is 79.9. The van der Waals surface area contributed by atoms with Crippen molar-refractivity contribution in [2.24, 2.45) is 5.84 Å². The molecular formula is C13H8BrF5N2. The van der Waals surface area contributed by atoms with E-state index in [1.807, 2.05) is 0 Å². The Balaban J connectivity index is 2.61. The molecule has 2 aromatic carbocycles. The fourth-order valence-corrected chi connectivity index (χ4v) is 2.43. The zero-order chi connectivity index (χ0) is 15.7. The van der Waals surface area contributed by atoms with E-state index < -0.39 is 35.1 Å². The Kier molecular flexibility index (Phi) is 4.60. The maximum Gasteiger partial charge on any atom is 0.194 e. The van der Waals surface area contributed by atoms with Gasteiger partial charge in [-0.15, -0.1) is 0 Å². The molecule has 1 atom stereocenters. The van der Waals surface area contributed by atoms with E-state index >= 15 is 0 Å². The summed E-state index contributed by atoms with van der Waals surface area (Å²) in [5.41, 5.74) is 1.85. The standard InChI is InChI=1S/C13H8BrF5N2/c14-9-5(1-3-7(15)11(9)18)13(21-20)6-2-4-8(16)12(19)10(6)17/h1-4,13,21H,20H2. The van der Waals surface area contributed by atoms with Gasteiger partial charge in [0, 0.05) is 5.56 Å². The largest absolute Gasteiger partial charge is 0.271 e. The van der Waals surface area contributed by atoms with Crippen molar-refractivity contribution in [3.8, 4) is 0 Å². The van der Waals surface area contributed by atoms with Gasteiger partial charge in [-0.2, -0.15) is 0 Å². The Morgan fingerprint density at radius 1 is 0.810 bits per heavy atom. The van der Waals surface area contributed by atoms with Gasteiger partial charge in [0.25, 0.3) is 0 Å². The quantitative estimate of drug-likeness (QED) is 0.376. The summed E-state index contributed by atoms with van der Waals surface area (Å²) >= 11 is 2.83. The lowest BCUT2D eigenvalue weighted by Crippen LogP contribution is -2.30. The van der Waals surface area contributed by atoms with Crippen LogP contribution in [0.4, 0.5) is 22.0 Å². The summed E-state index contributed by atoms with van der Waals surface area (Å²) in [6, 6.07) is 2.44. The third-order valence-electron chi connectivity index (χ3n) is 2.92. The lowest BCUT2D eigenvalue weighted by Gasteiger charge is -2.19. The van der Waals surface area contributed by atoms with Crippen LogP contribution in [0, 0.1) is 29.1 Å². The Labute approximate surface area is 124 Å². The molecule has 8 heteroatoms. The van der Waals surface area contributed by atoms with Gasteiger partial charge in [-0.25, -0.2) is 27.4 Å². The van der Waals surface area contributed by atoms with Gasteiger partial charge in [0.2, 0.25) is 0 Å². The van der Waals surface area contributed by atoms with Crippen LogP contribution in [0.5, 0.6) is 0 Å². The Hall–Kier alpha value is -1.51. The first-order valence-corrected chi connectivity index (χ1v) is 6.40. The molecule has 0 aliphatic carbocycles. The zero-order valence-corrected chi connectivity index (χ0v) is 11.8. The Morgan fingerprint density at radius 2 is 1.33 bits per heavy atom. The van der Waals surface area contributed by atoms with Crippen LogP contribution in [-0.2, 0) is 0 Å². The third-order valence-corrected chi connectivity index (χ3v) is 3.72. The summed E-state index contributed by atoms with van der Waals surface area (Å²) in [6.45, 7) is 0. The average molecular weight is 367 g/mol. The normalized spacial score (nSPS) is 12.5. The molecule has 0 heterocycles. The van der Waals surface area contributed by atoms with Crippen molar-refractivity contribution >= 4 is 15.9 Å². The van der Waals surface area contributed by atoms with E-state index in [0.29, 0.717) is 6.07 Å². The second-order valence-electron chi connectivity index (χ2n) is 4.13. The van der Waals surface area contributed by atoms with Crippen molar-refractivity contribution in [1.82, 2.24) is 5.43 Å². The molecule has 3 N–H and O–H groups in total. The van der Waals surface area contributed by atoms with Gasteiger partial charge in [-0.1, -0.05) is 12.1 Å². The van der Waals surface area contributed by atoms with E-state index in [4.69, 9.17) is 5.84 Å². The number of hydrogen-bond donors (Lipinski definition) is 2. The molecule has 0 bridgehead atoms. The van der Waals surface area contributed by atoms with Crippen molar-refractivity contribution in [2.75, 3.05) is 0 Å². The molecule has 2 rings (SSSR count). The molecule has 2 nitrogen and oxygen atoms in total. The predicted molar refractivity (Wildman–Crippen MR) is 69.5 cm³/mol. The minimum atomic E-state index is -1.67. The summed E-state index contributed by atoms with van der Waals surface area (Å²) in [4.78, 5) is 0. The summed E-state index contributed by atoms with van der Waals surface area (Å²) in [5.74, 6) is -1.54. The second-order valence-corrected chi connectivity index (χ2v) is 4.92. The van der Waals surface area contributed by atoms with Gasteiger partial charge in [-0.3, -0.25) is 5.84 Å². The number of rotatable bonds is 3. The summed E-state index contributed by atoms with van der Waals surface area (Å²) in [6.07, 6.45) is 0. The molecule has 112 valence electrons. The first kappa shape index (κ1) is 15.9. The molecule has 0 aliphatic rings. The second kappa shape index (κ2) is 6.08. The van der Waals surface area contributed by atoms with E-state index in [9.17, 15) is 22.0 Å². The Bertz CT molecular complexity index is 635. The van der Waals surface area contributed by atoms with Crippen LogP contribution < -0.4 is 11.3 Å². The molecule has 0 amide bonds. The maximum atomic E-state index is 13.8. The van der Waals surface area contributed by atoms with Gasteiger partial charge in [-0.05, 0) is 33.6 Å². The van der Waals surface area contributed by atoms with Crippen LogP contribution in [0.25, 0.3) is 0 Å². The smallest absolute Gasteiger partial charge is 0.194 e. The summed E-state index contributed by atoms with van der Waals surface area (Å²) in [7, 11) is 0. The van der Waals surface area contributed by atoms with E-state index in [2.05, 4.69) is 21.4 Å². The monoisotopic (exact) mass is 366 g/mol. The minimum absolute atomic E-state index is 0.0290. The van der Waals surface area contributed by atoms with Gasteiger partial charge < -0.3 is 0 Å². The van der Waals surface area contributed by atoms with Crippen molar-refractivity contribution in [3.05, 3.63) is 69.0 Å². The fourth-order valence-electron chi connectivity index (χ4n) is 1.87. The van der Waals surface area contributed by atoms with E-state index in [1.165, 1.54) is 0 Å². The van der Waals surface area contributed by atoms with Crippen LogP contribution in [0.3, 0.4) is 0 Å². The maximum absolute atomic E-state index is 13.8. The number of benzene rings is 2. The Morgan fingerprint density at radius 3 is 1.90 bits per heavy atom. The highest BCUT2D eigenvalue weighted by Crippen LogP contribution is 2.33. The first-order chi connectivity index (χ1) is 9.88. The number of hydrazine groups is 1. The van der Waals surface area contributed by atoms with Gasteiger partial charge in [0.15, 0.2) is 29.1 Å². The predicted octanol–water partition coefficient (Wildman–Crippen LogP) is 3.70. The molecule has 21 heavy (non-hydrogen) atoms. The van der Waals surface area contributed by atoms with Crippen molar-refractivity contribution in [2.45, 2.75) is 6.04 Å². The van der Waals surface area contributed by atoms with E-state index in [0.717, 1.165) is 18.2 Å². The van der Waals surface area contributed by atoms with Crippen LogP contribution in [0.15, 0.2) is 28.7 Å². The van der Waals surface area contributed by atoms with Gasteiger partial charge in [0.05, 0.1) is 10.5 Å². The molecule has 0 aliphatic heterocycles. The number of nitrogens with one attached hydrogen (secondary N) is 1. The highest BCUT2D eigenvalue weighted by Gasteiger charge is 2.25. The van der Waals surface area contributed by atoms with Crippen molar-refractivity contribution in [3.63, 3.8) is 0 Å². The summed E-state index contributed by atoms with van der Waals surface area (Å²) < 4.78 is 66.3. The van der Waals surface area contributed by atoms with Crippen molar-refractivity contribution < 1.29 is 22.0 Å². The molecule has 0 saturated carbocycles. The topological polar surface area (TPSA) is 38.0 Å². The van der Waals surface area contributed by atoms with Gasteiger partial charge in [0.1, 0.15) is 0 Å². The zero-order valence-electron chi connectivity index (χ0n) is 10.2. The molecule has 0 radical (unpaired) electrons. The van der Waals surface area contributed by atoms with Gasteiger partial charge >= 0.3 is 0 Å². The number of hydrogen-bond acceptors (Lipinski definition) is 2. The lowest BCUT2D eigenvalue weighted by atomic mass is 9.98. The molecule has 0 saturated heterocycles. The molecule has 0 spiro atoms. The summed E-state index contributed by atoms with van der Waals surface area (Å²) in [5, 5.41) is 0. The van der Waals surface area contributed by atoms with E-state index in [-0.39, 0.29) is 15.6 Å². The first-order valence-electron chi connectivity index (χ1n) is 5.61. The number of nitrogens with two attached hydrogens (primary N) is 1. The molecule has 0 fully saturated rings. The molecule has 1 unspecified atom stereocenters. The molecule has 2 aromatic rings. The van der Waals surface area contributed by atoms with E-state index in [1.54, 1.807) is 0 Å². The van der Waals surface area contributed by atoms with Crippen molar-refractivity contribution in [1.29, 1.82) is 0 Å². The third kappa shape index (κ3) is 2.78. The van der Waals surface area contributed by atoms with Crippen LogP contribution in [0.2, 0.25) is 0 Å². The average Bonchev–Trinajstić information content (AvgIpc) is 2.47. The molecule has 0 aromatic heterocycles. The number of halogens is 6. The van der Waals surface area contributed by atoms with Crippen LogP contribution in [0.1, 0.15) is 17.2 Å². The SMILES string of the molecule is NNC(c1ccc(F)c(F)c1F)c1ccc(F)c(F)c1Br. The van der Waals surface area contributed by atoms with Crippen LogP contribution >= 0.6 is 15.9 Å².